The van der Waals surface area contributed by atoms with E-state index in [2.05, 4.69) is 16.0 Å². The first-order valence-corrected chi connectivity index (χ1v) is 12.6. The number of ether oxygens (including phenoxy) is 4. The van der Waals surface area contributed by atoms with Crippen LogP contribution in [0, 0.1) is 0 Å². The average Bonchev–Trinajstić information content (AvgIpc) is 3.14. The zero-order valence-corrected chi connectivity index (χ0v) is 22.9. The number of nitrogens with one attached hydrogen (secondary N) is 3. The third-order valence-corrected chi connectivity index (χ3v) is 6.51. The lowest BCUT2D eigenvalue weighted by atomic mass is 9.95. The lowest BCUT2D eigenvalue weighted by molar-refractivity contribution is -0.121. The molecule has 0 aliphatic heterocycles. The highest BCUT2D eigenvalue weighted by atomic mass is 16.5. The quantitative estimate of drug-likeness (QED) is 0.381. The summed E-state index contributed by atoms with van der Waals surface area (Å²) < 4.78 is 22.0. The van der Waals surface area contributed by atoms with Crippen molar-refractivity contribution in [1.29, 1.82) is 0 Å². The second-order valence-electron chi connectivity index (χ2n) is 9.10. The number of anilines is 1. The molecule has 0 aromatic heterocycles. The summed E-state index contributed by atoms with van der Waals surface area (Å²) in [5.74, 6) is 1.01. The van der Waals surface area contributed by atoms with Gasteiger partial charge in [0, 0.05) is 32.7 Å². The van der Waals surface area contributed by atoms with Crippen LogP contribution in [0.1, 0.15) is 43.9 Å². The Kier molecular flexibility index (Phi) is 9.95. The molecule has 2 aromatic rings. The largest absolute Gasteiger partial charge is 0.493 e. The molecule has 206 valence electrons. The maximum absolute atomic E-state index is 13.4. The van der Waals surface area contributed by atoms with Crippen molar-refractivity contribution in [3.05, 3.63) is 45.6 Å². The van der Waals surface area contributed by atoms with Gasteiger partial charge in [-0.25, -0.2) is 0 Å². The fraction of sp³-hybridized carbons (Fsp3) is 0.464. The third kappa shape index (κ3) is 6.36. The van der Waals surface area contributed by atoms with Gasteiger partial charge in [0.15, 0.2) is 11.5 Å². The molecule has 1 aliphatic carbocycles. The molecule has 10 heteroatoms. The highest BCUT2D eigenvalue weighted by molar-refractivity contribution is 5.85. The van der Waals surface area contributed by atoms with E-state index in [0.717, 1.165) is 16.7 Å². The molecule has 10 nitrogen and oxygen atoms in total. The Morgan fingerprint density at radius 3 is 2.42 bits per heavy atom. The van der Waals surface area contributed by atoms with Crippen LogP contribution in [0.3, 0.4) is 0 Å². The minimum Gasteiger partial charge on any atom is -0.493 e. The van der Waals surface area contributed by atoms with Crippen LogP contribution in [-0.2, 0) is 20.7 Å². The summed E-state index contributed by atoms with van der Waals surface area (Å²) in [4.78, 5) is 38.0. The molecular formula is C28H37N3O7. The number of fused-ring (bicyclic) bond motifs is 3. The summed E-state index contributed by atoms with van der Waals surface area (Å²) in [5.41, 5.74) is 3.03. The van der Waals surface area contributed by atoms with Gasteiger partial charge in [-0.05, 0) is 61.1 Å². The monoisotopic (exact) mass is 527 g/mol. The summed E-state index contributed by atoms with van der Waals surface area (Å²) in [5, 5.41) is 8.86. The van der Waals surface area contributed by atoms with E-state index >= 15 is 0 Å². The summed E-state index contributed by atoms with van der Waals surface area (Å²) in [6, 6.07) is 5.83. The molecule has 0 spiro atoms. The van der Waals surface area contributed by atoms with Crippen molar-refractivity contribution in [1.82, 2.24) is 10.6 Å². The molecule has 3 rings (SSSR count). The minimum absolute atomic E-state index is 0.204. The van der Waals surface area contributed by atoms with Gasteiger partial charge in [-0.1, -0.05) is 6.07 Å². The Bertz CT molecular complexity index is 1230. The van der Waals surface area contributed by atoms with Gasteiger partial charge in [-0.2, -0.15) is 0 Å². The van der Waals surface area contributed by atoms with Crippen LogP contribution in [0.25, 0.3) is 11.1 Å². The van der Waals surface area contributed by atoms with Crippen LogP contribution in [0.5, 0.6) is 17.2 Å². The van der Waals surface area contributed by atoms with Gasteiger partial charge in [-0.3, -0.25) is 14.4 Å². The van der Waals surface area contributed by atoms with E-state index in [1.165, 1.54) is 20.1 Å². The Hall–Kier alpha value is -3.79. The van der Waals surface area contributed by atoms with Gasteiger partial charge >= 0.3 is 0 Å². The van der Waals surface area contributed by atoms with E-state index in [4.69, 9.17) is 18.9 Å². The molecule has 0 fully saturated rings. The maximum atomic E-state index is 13.4. The van der Waals surface area contributed by atoms with Crippen LogP contribution >= 0.6 is 0 Å². The molecule has 0 saturated carbocycles. The second-order valence-corrected chi connectivity index (χ2v) is 9.10. The summed E-state index contributed by atoms with van der Waals surface area (Å²) >= 11 is 0. The highest BCUT2D eigenvalue weighted by Crippen LogP contribution is 2.50. The molecule has 0 heterocycles. The number of carbonyl (C=O) groups is 2. The van der Waals surface area contributed by atoms with E-state index in [0.29, 0.717) is 55.2 Å². The first-order chi connectivity index (χ1) is 18.2. The smallest absolute Gasteiger partial charge is 0.242 e. The van der Waals surface area contributed by atoms with Crippen molar-refractivity contribution in [3.8, 4) is 28.4 Å². The summed E-state index contributed by atoms with van der Waals surface area (Å²) in [7, 11) is 6.26. The van der Waals surface area contributed by atoms with Gasteiger partial charge < -0.3 is 34.9 Å². The topological polar surface area (TPSA) is 124 Å². The molecule has 2 amide bonds. The van der Waals surface area contributed by atoms with Crippen LogP contribution in [0.15, 0.2) is 29.1 Å². The lowest BCUT2D eigenvalue weighted by Crippen LogP contribution is -2.39. The molecule has 1 aliphatic rings. The zero-order valence-electron chi connectivity index (χ0n) is 22.9. The number of hydrogen-bond donors (Lipinski definition) is 3. The SMILES string of the molecule is COCCCNC(=O)[C@@H](C)Nc1ccc2c(cc1=O)[C@H](NC(C)=O)CCc1cc(OC)c(OC)c(OC)c1-2. The number of rotatable bonds is 11. The Labute approximate surface area is 223 Å². The van der Waals surface area contributed by atoms with Crippen molar-refractivity contribution < 1.29 is 28.5 Å². The normalized spacial score (nSPS) is 14.7. The van der Waals surface area contributed by atoms with Gasteiger partial charge in [0.05, 0.1) is 33.1 Å². The van der Waals surface area contributed by atoms with Crippen LogP contribution in [0.4, 0.5) is 5.69 Å². The number of hydrogen-bond acceptors (Lipinski definition) is 8. The predicted molar refractivity (Wildman–Crippen MR) is 145 cm³/mol. The molecule has 0 saturated heterocycles. The average molecular weight is 528 g/mol. The number of benzene rings is 1. The van der Waals surface area contributed by atoms with Gasteiger partial charge in [-0.15, -0.1) is 0 Å². The van der Waals surface area contributed by atoms with E-state index in [9.17, 15) is 14.4 Å². The van der Waals surface area contributed by atoms with Gasteiger partial charge in [0.25, 0.3) is 0 Å². The van der Waals surface area contributed by atoms with Gasteiger partial charge in [0.1, 0.15) is 6.04 Å². The molecule has 2 atom stereocenters. The van der Waals surface area contributed by atoms with E-state index in [-0.39, 0.29) is 22.9 Å². The van der Waals surface area contributed by atoms with E-state index < -0.39 is 12.1 Å². The molecular weight excluding hydrogens is 490 g/mol. The zero-order chi connectivity index (χ0) is 27.8. The first-order valence-electron chi connectivity index (χ1n) is 12.6. The summed E-state index contributed by atoms with van der Waals surface area (Å²) in [6.07, 6.45) is 1.86. The van der Waals surface area contributed by atoms with E-state index in [1.807, 2.05) is 12.1 Å². The van der Waals surface area contributed by atoms with Crippen LogP contribution < -0.4 is 35.6 Å². The molecule has 0 bridgehead atoms. The number of amides is 2. The van der Waals surface area contributed by atoms with Crippen LogP contribution in [0.2, 0.25) is 0 Å². The van der Waals surface area contributed by atoms with Crippen molar-refractivity contribution in [2.75, 3.05) is 46.9 Å². The van der Waals surface area contributed by atoms with Gasteiger partial charge in [0.2, 0.25) is 23.0 Å². The van der Waals surface area contributed by atoms with Crippen molar-refractivity contribution in [2.45, 2.75) is 45.2 Å². The third-order valence-electron chi connectivity index (χ3n) is 6.51. The Balaban J connectivity index is 2.12. The van der Waals surface area contributed by atoms with E-state index in [1.54, 1.807) is 34.3 Å². The molecule has 3 N–H and O–H groups in total. The molecule has 0 radical (unpaired) electrons. The Morgan fingerprint density at radius 2 is 1.79 bits per heavy atom. The fourth-order valence-electron chi connectivity index (χ4n) is 4.71. The standard InChI is InChI=1S/C28H37N3O7/c1-16(28(34)29-12-7-13-35-3)30-22-11-9-19-20(15-23(22)33)21(31-17(2)32)10-8-18-14-24(36-4)26(37-5)27(38-6)25(18)19/h9,11,14-16,21H,7-8,10,12-13H2,1-6H3,(H,29,34)(H,30,33)(H,31,32)/t16-,21-/m1/s1. The second kappa shape index (κ2) is 13.1. The number of methoxy groups -OCH3 is 4. The van der Waals surface area contributed by atoms with Crippen molar-refractivity contribution >= 4 is 17.5 Å². The Morgan fingerprint density at radius 1 is 1.05 bits per heavy atom. The predicted octanol–water partition coefficient (Wildman–Crippen LogP) is 2.82. The summed E-state index contributed by atoms with van der Waals surface area (Å²) in [6.45, 7) is 4.16. The number of aryl methyl sites for hydroxylation is 1. The first kappa shape index (κ1) is 28.8. The lowest BCUT2D eigenvalue weighted by Gasteiger charge is -2.19. The highest BCUT2D eigenvalue weighted by Gasteiger charge is 2.29. The molecule has 0 unspecified atom stereocenters. The number of carbonyl (C=O) groups excluding carboxylic acids is 2. The minimum atomic E-state index is -0.648. The molecule has 38 heavy (non-hydrogen) atoms. The molecule has 2 aromatic carbocycles. The fourth-order valence-corrected chi connectivity index (χ4v) is 4.71. The van der Waals surface area contributed by atoms with Crippen molar-refractivity contribution in [3.63, 3.8) is 0 Å². The van der Waals surface area contributed by atoms with Crippen LogP contribution in [-0.4, -0.2) is 59.4 Å². The van der Waals surface area contributed by atoms with Crippen molar-refractivity contribution in [2.24, 2.45) is 0 Å². The maximum Gasteiger partial charge on any atom is 0.242 e.